The molecule has 12 heteroatoms. The number of hydrogen-bond donors (Lipinski definition) is 2. The second-order valence-corrected chi connectivity index (χ2v) is 7.89. The van der Waals surface area contributed by atoms with Gasteiger partial charge in [-0.15, -0.1) is 16.4 Å². The Morgan fingerprint density at radius 1 is 1.29 bits per heavy atom. The Hall–Kier alpha value is -2.99. The van der Waals surface area contributed by atoms with Crippen LogP contribution in [0.15, 0.2) is 36.7 Å². The minimum Gasteiger partial charge on any atom is -0.465 e. The van der Waals surface area contributed by atoms with Crippen molar-refractivity contribution in [3.8, 4) is 0 Å². The smallest absolute Gasteiger partial charge is 0.416 e. The summed E-state index contributed by atoms with van der Waals surface area (Å²) in [7, 11) is 1.30. The van der Waals surface area contributed by atoms with Gasteiger partial charge in [0.1, 0.15) is 11.3 Å². The summed E-state index contributed by atoms with van der Waals surface area (Å²) in [6, 6.07) is 6.74. The standard InChI is InChI=1S/C19H18F3N5O2S2/c1-3-13-8-14(16(28)29-2)15(31-13)24-18(30)25-17-23-10-27(26-17)9-11-5-4-6-12(7-11)19(20,21)22/h4-8,10H,3,9H2,1-2H3,(H2,24,25,26,30). The van der Waals surface area contributed by atoms with Gasteiger partial charge in [0.15, 0.2) is 5.11 Å². The van der Waals surface area contributed by atoms with Gasteiger partial charge in [-0.05, 0) is 42.4 Å². The van der Waals surface area contributed by atoms with E-state index >= 15 is 0 Å². The Kier molecular flexibility index (Phi) is 6.91. The van der Waals surface area contributed by atoms with Crippen LogP contribution in [0.5, 0.6) is 0 Å². The first kappa shape index (κ1) is 22.7. The van der Waals surface area contributed by atoms with E-state index < -0.39 is 17.7 Å². The van der Waals surface area contributed by atoms with Crippen LogP contribution in [-0.2, 0) is 23.9 Å². The van der Waals surface area contributed by atoms with Gasteiger partial charge < -0.3 is 10.1 Å². The molecule has 0 radical (unpaired) electrons. The van der Waals surface area contributed by atoms with Crippen molar-refractivity contribution in [1.82, 2.24) is 14.8 Å². The SMILES string of the molecule is CCc1cc(C(=O)OC)c(NC(=S)Nc2ncn(Cc3cccc(C(F)(F)F)c3)n2)s1. The number of rotatable bonds is 6. The first-order valence-electron chi connectivity index (χ1n) is 9.04. The molecule has 0 saturated heterocycles. The quantitative estimate of drug-likeness (QED) is 0.405. The molecule has 0 saturated carbocycles. The number of nitrogens with zero attached hydrogens (tertiary/aromatic N) is 3. The third-order valence-electron chi connectivity index (χ3n) is 4.12. The molecule has 7 nitrogen and oxygen atoms in total. The lowest BCUT2D eigenvalue weighted by Gasteiger charge is -2.09. The number of esters is 1. The van der Waals surface area contributed by atoms with Crippen LogP contribution in [0.1, 0.15) is 33.3 Å². The van der Waals surface area contributed by atoms with Crippen molar-refractivity contribution in [2.24, 2.45) is 0 Å². The number of anilines is 2. The predicted molar refractivity (Wildman–Crippen MR) is 115 cm³/mol. The predicted octanol–water partition coefficient (Wildman–Crippen LogP) is 4.56. The Morgan fingerprint density at radius 2 is 2.06 bits per heavy atom. The minimum absolute atomic E-state index is 0.107. The van der Waals surface area contributed by atoms with Gasteiger partial charge in [0.25, 0.3) is 0 Å². The second-order valence-electron chi connectivity index (χ2n) is 6.34. The van der Waals surface area contributed by atoms with Gasteiger partial charge in [-0.25, -0.2) is 14.5 Å². The van der Waals surface area contributed by atoms with Gasteiger partial charge in [0.05, 0.1) is 24.8 Å². The molecule has 3 rings (SSSR count). The average molecular weight is 470 g/mol. The number of alkyl halides is 3. The Balaban J connectivity index is 1.66. The lowest BCUT2D eigenvalue weighted by Crippen LogP contribution is -2.20. The molecule has 0 unspecified atom stereocenters. The summed E-state index contributed by atoms with van der Waals surface area (Å²) >= 11 is 6.64. The Bertz CT molecular complexity index is 1090. The normalized spacial score (nSPS) is 11.3. The molecule has 164 valence electrons. The van der Waals surface area contributed by atoms with Gasteiger partial charge in [-0.2, -0.15) is 13.2 Å². The zero-order valence-corrected chi connectivity index (χ0v) is 18.1. The summed E-state index contributed by atoms with van der Waals surface area (Å²) in [6.45, 7) is 2.07. The first-order chi connectivity index (χ1) is 14.7. The van der Waals surface area contributed by atoms with Gasteiger partial charge in [0, 0.05) is 4.88 Å². The first-order valence-corrected chi connectivity index (χ1v) is 10.3. The number of hydrogen-bond acceptors (Lipinski definition) is 6. The summed E-state index contributed by atoms with van der Waals surface area (Å²) in [5.41, 5.74) is 0.0783. The van der Waals surface area contributed by atoms with Crippen molar-refractivity contribution < 1.29 is 22.7 Å². The summed E-state index contributed by atoms with van der Waals surface area (Å²) in [5, 5.41) is 10.6. The Labute approximate surface area is 185 Å². The number of methoxy groups -OCH3 is 1. The van der Waals surface area contributed by atoms with Crippen LogP contribution >= 0.6 is 23.6 Å². The van der Waals surface area contributed by atoms with E-state index in [1.807, 2.05) is 6.92 Å². The summed E-state index contributed by atoms with van der Waals surface area (Å²) in [5.74, 6) is -0.318. The highest BCUT2D eigenvalue weighted by molar-refractivity contribution is 7.80. The molecular formula is C19H18F3N5O2S2. The Morgan fingerprint density at radius 3 is 2.74 bits per heavy atom. The maximum atomic E-state index is 12.9. The van der Waals surface area contributed by atoms with Crippen molar-refractivity contribution in [3.05, 3.63) is 58.2 Å². The van der Waals surface area contributed by atoms with Crippen LogP contribution in [0.3, 0.4) is 0 Å². The molecule has 0 atom stereocenters. The lowest BCUT2D eigenvalue weighted by atomic mass is 10.1. The third-order valence-corrected chi connectivity index (χ3v) is 5.52. The number of carbonyl (C=O) groups is 1. The van der Waals surface area contributed by atoms with E-state index in [0.717, 1.165) is 23.4 Å². The van der Waals surface area contributed by atoms with E-state index in [2.05, 4.69) is 20.7 Å². The van der Waals surface area contributed by atoms with Crippen LogP contribution < -0.4 is 10.6 Å². The van der Waals surface area contributed by atoms with Crippen molar-refractivity contribution in [3.63, 3.8) is 0 Å². The van der Waals surface area contributed by atoms with Crippen LogP contribution in [0.25, 0.3) is 0 Å². The zero-order valence-electron chi connectivity index (χ0n) is 16.5. The fourth-order valence-electron chi connectivity index (χ4n) is 2.67. The lowest BCUT2D eigenvalue weighted by molar-refractivity contribution is -0.137. The molecule has 2 N–H and O–H groups in total. The van der Waals surface area contributed by atoms with Crippen molar-refractivity contribution in [2.45, 2.75) is 26.1 Å². The van der Waals surface area contributed by atoms with Gasteiger partial charge >= 0.3 is 12.1 Å². The van der Waals surface area contributed by atoms with Gasteiger partial charge in [0.2, 0.25) is 5.95 Å². The van der Waals surface area contributed by atoms with E-state index in [-0.39, 0.29) is 17.6 Å². The molecule has 0 bridgehead atoms. The molecule has 0 amide bonds. The summed E-state index contributed by atoms with van der Waals surface area (Å²) < 4.78 is 44.8. The molecule has 0 aliphatic carbocycles. The topological polar surface area (TPSA) is 81.1 Å². The second kappa shape index (κ2) is 9.43. The average Bonchev–Trinajstić information content (AvgIpc) is 3.33. The molecule has 0 aliphatic rings. The molecule has 3 aromatic rings. The number of halogens is 3. The molecule has 1 aromatic carbocycles. The number of aryl methyl sites for hydroxylation is 1. The maximum absolute atomic E-state index is 12.9. The minimum atomic E-state index is -4.41. The summed E-state index contributed by atoms with van der Waals surface area (Å²) in [4.78, 5) is 17.0. The van der Waals surface area contributed by atoms with Crippen LogP contribution in [0.4, 0.5) is 24.1 Å². The van der Waals surface area contributed by atoms with Crippen LogP contribution in [-0.4, -0.2) is 33.0 Å². The number of thiophene rings is 1. The van der Waals surface area contributed by atoms with E-state index in [1.165, 1.54) is 35.5 Å². The maximum Gasteiger partial charge on any atom is 0.416 e. The van der Waals surface area contributed by atoms with E-state index in [4.69, 9.17) is 17.0 Å². The molecule has 0 aliphatic heterocycles. The van der Waals surface area contributed by atoms with Crippen molar-refractivity contribution in [1.29, 1.82) is 0 Å². The number of nitrogens with one attached hydrogen (secondary N) is 2. The molecule has 2 heterocycles. The molecule has 0 spiro atoms. The largest absolute Gasteiger partial charge is 0.465 e. The third kappa shape index (κ3) is 5.79. The molecular weight excluding hydrogens is 451 g/mol. The number of benzene rings is 1. The van der Waals surface area contributed by atoms with E-state index in [1.54, 1.807) is 12.1 Å². The van der Waals surface area contributed by atoms with Crippen LogP contribution in [0.2, 0.25) is 0 Å². The fraction of sp³-hybridized carbons (Fsp3) is 0.263. The highest BCUT2D eigenvalue weighted by Crippen LogP contribution is 2.30. The van der Waals surface area contributed by atoms with E-state index in [0.29, 0.717) is 16.1 Å². The highest BCUT2D eigenvalue weighted by Gasteiger charge is 2.30. The number of aromatic nitrogens is 3. The zero-order chi connectivity index (χ0) is 22.6. The molecule has 2 aromatic heterocycles. The molecule has 0 fully saturated rings. The van der Waals surface area contributed by atoms with Crippen molar-refractivity contribution in [2.75, 3.05) is 17.7 Å². The molecule has 31 heavy (non-hydrogen) atoms. The van der Waals surface area contributed by atoms with E-state index in [9.17, 15) is 18.0 Å². The van der Waals surface area contributed by atoms with Crippen LogP contribution in [0, 0.1) is 0 Å². The van der Waals surface area contributed by atoms with Gasteiger partial charge in [-0.1, -0.05) is 19.1 Å². The fourth-order valence-corrected chi connectivity index (χ4v) is 3.91. The number of ether oxygens (including phenoxy) is 1. The monoisotopic (exact) mass is 469 g/mol. The highest BCUT2D eigenvalue weighted by atomic mass is 32.1. The summed E-state index contributed by atoms with van der Waals surface area (Å²) in [6.07, 6.45) is -2.28. The number of thiocarbonyl (C=S) groups is 1. The number of carbonyl (C=O) groups excluding carboxylic acids is 1. The van der Waals surface area contributed by atoms with Crippen molar-refractivity contribution >= 4 is 45.6 Å². The van der Waals surface area contributed by atoms with Gasteiger partial charge in [-0.3, -0.25) is 5.32 Å².